The molecule has 0 bridgehead atoms. The Balaban J connectivity index is 1.82. The average Bonchev–Trinajstić information content (AvgIpc) is 3.02. The number of carbonyl (C=O) groups is 2. The number of nitrogens with zero attached hydrogens (tertiary/aromatic N) is 3. The molecule has 21 heavy (non-hydrogen) atoms. The molecule has 110 valence electrons. The first-order chi connectivity index (χ1) is 10.0. The van der Waals surface area contributed by atoms with E-state index in [1.54, 1.807) is 17.4 Å². The number of aryl methyl sites for hydroxylation is 1. The summed E-state index contributed by atoms with van der Waals surface area (Å²) >= 11 is 1.61. The number of rotatable bonds is 6. The predicted molar refractivity (Wildman–Crippen MR) is 77.6 cm³/mol. The lowest BCUT2D eigenvalue weighted by Gasteiger charge is -1.97. The molecule has 0 aliphatic rings. The van der Waals surface area contributed by atoms with Gasteiger partial charge in [-0.2, -0.15) is 0 Å². The summed E-state index contributed by atoms with van der Waals surface area (Å²) in [5.41, 5.74) is 0.505. The molecule has 2 aromatic heterocycles. The van der Waals surface area contributed by atoms with Gasteiger partial charge in [0, 0.05) is 15.8 Å². The standard InChI is InChI=1S/C13H14N4O3S/c1-9-2-3-11(21-9)4-5-12(18)14-6-10-7-17(16-15-10)8-13(19)20/h2-5,7H,6,8H2,1H3,(H,14,18)(H,19,20)/b5-4+. The van der Waals surface area contributed by atoms with Gasteiger partial charge < -0.3 is 10.4 Å². The van der Waals surface area contributed by atoms with Crippen molar-refractivity contribution in [2.45, 2.75) is 20.0 Å². The molecular formula is C13H14N4O3S. The van der Waals surface area contributed by atoms with E-state index in [9.17, 15) is 9.59 Å². The molecule has 2 rings (SSSR count). The number of hydrogen-bond acceptors (Lipinski definition) is 5. The van der Waals surface area contributed by atoms with E-state index in [2.05, 4.69) is 15.6 Å². The van der Waals surface area contributed by atoms with E-state index in [1.165, 1.54) is 21.8 Å². The first-order valence-corrected chi connectivity index (χ1v) is 6.98. The highest BCUT2D eigenvalue weighted by molar-refractivity contribution is 7.12. The van der Waals surface area contributed by atoms with Crippen LogP contribution in [0.4, 0.5) is 0 Å². The lowest BCUT2D eigenvalue weighted by Crippen LogP contribution is -2.20. The Morgan fingerprint density at radius 1 is 1.48 bits per heavy atom. The Labute approximate surface area is 124 Å². The number of carbonyl (C=O) groups excluding carboxylic acids is 1. The zero-order valence-electron chi connectivity index (χ0n) is 11.3. The zero-order chi connectivity index (χ0) is 15.2. The molecule has 0 atom stereocenters. The second kappa shape index (κ2) is 6.80. The fourth-order valence-corrected chi connectivity index (χ4v) is 2.35. The summed E-state index contributed by atoms with van der Waals surface area (Å²) < 4.78 is 1.20. The van der Waals surface area contributed by atoms with Gasteiger partial charge in [0.1, 0.15) is 12.2 Å². The van der Waals surface area contributed by atoms with Crippen LogP contribution in [0.5, 0.6) is 0 Å². The lowest BCUT2D eigenvalue weighted by molar-refractivity contribution is -0.137. The van der Waals surface area contributed by atoms with Crippen molar-refractivity contribution in [2.24, 2.45) is 0 Å². The van der Waals surface area contributed by atoms with Gasteiger partial charge in [-0.25, -0.2) is 4.68 Å². The summed E-state index contributed by atoms with van der Waals surface area (Å²) in [6.45, 7) is 1.95. The van der Waals surface area contributed by atoms with Crippen molar-refractivity contribution in [1.82, 2.24) is 20.3 Å². The third-order valence-corrected chi connectivity index (χ3v) is 3.45. The Bertz CT molecular complexity index is 675. The number of thiophene rings is 1. The minimum atomic E-state index is -0.996. The molecule has 0 unspecified atom stereocenters. The highest BCUT2D eigenvalue weighted by atomic mass is 32.1. The van der Waals surface area contributed by atoms with Gasteiger partial charge in [-0.1, -0.05) is 5.21 Å². The SMILES string of the molecule is Cc1ccc(/C=C/C(=O)NCc2cn(CC(=O)O)nn2)s1. The van der Waals surface area contributed by atoms with Crippen LogP contribution in [0.3, 0.4) is 0 Å². The number of carboxylic acid groups (broad SMARTS) is 1. The van der Waals surface area contributed by atoms with E-state index in [4.69, 9.17) is 5.11 Å². The van der Waals surface area contributed by atoms with Gasteiger partial charge in [0.25, 0.3) is 0 Å². The second-order valence-electron chi connectivity index (χ2n) is 4.30. The summed E-state index contributed by atoms with van der Waals surface area (Å²) in [6.07, 6.45) is 4.68. The minimum absolute atomic E-state index is 0.201. The maximum absolute atomic E-state index is 11.6. The third kappa shape index (κ3) is 4.84. The van der Waals surface area contributed by atoms with Crippen LogP contribution in [-0.4, -0.2) is 32.0 Å². The van der Waals surface area contributed by atoms with Crippen LogP contribution in [0, 0.1) is 6.92 Å². The quantitative estimate of drug-likeness (QED) is 0.778. The van der Waals surface area contributed by atoms with Crippen LogP contribution in [-0.2, 0) is 22.7 Å². The molecule has 2 heterocycles. The average molecular weight is 306 g/mol. The van der Waals surface area contributed by atoms with Gasteiger partial charge in [-0.05, 0) is 25.1 Å². The highest BCUT2D eigenvalue weighted by Crippen LogP contribution is 2.16. The fourth-order valence-electron chi connectivity index (χ4n) is 1.57. The van der Waals surface area contributed by atoms with Crippen LogP contribution in [0.2, 0.25) is 0 Å². The number of carboxylic acids is 1. The maximum Gasteiger partial charge on any atom is 0.325 e. The Morgan fingerprint density at radius 2 is 2.29 bits per heavy atom. The van der Waals surface area contributed by atoms with Crippen LogP contribution in [0.1, 0.15) is 15.4 Å². The van der Waals surface area contributed by atoms with Gasteiger partial charge in [0.05, 0.1) is 12.7 Å². The number of aromatic nitrogens is 3. The number of aliphatic carboxylic acids is 1. The van der Waals surface area contributed by atoms with Crippen molar-refractivity contribution in [3.8, 4) is 0 Å². The van der Waals surface area contributed by atoms with Crippen LogP contribution in [0.25, 0.3) is 6.08 Å². The third-order valence-electron chi connectivity index (χ3n) is 2.49. The monoisotopic (exact) mass is 306 g/mol. The predicted octanol–water partition coefficient (Wildman–Crippen LogP) is 1.06. The topological polar surface area (TPSA) is 97.1 Å². The molecule has 8 heteroatoms. The first kappa shape index (κ1) is 14.9. The Morgan fingerprint density at radius 3 is 2.95 bits per heavy atom. The molecule has 0 spiro atoms. The summed E-state index contributed by atoms with van der Waals surface area (Å²) in [6, 6.07) is 3.93. The molecule has 0 saturated carbocycles. The first-order valence-electron chi connectivity index (χ1n) is 6.16. The van der Waals surface area contributed by atoms with Gasteiger partial charge >= 0.3 is 5.97 Å². The maximum atomic E-state index is 11.6. The summed E-state index contributed by atoms with van der Waals surface area (Å²) in [4.78, 5) is 24.3. The molecule has 0 aliphatic carbocycles. The highest BCUT2D eigenvalue weighted by Gasteiger charge is 2.05. The number of nitrogens with one attached hydrogen (secondary N) is 1. The van der Waals surface area contributed by atoms with E-state index in [1.807, 2.05) is 19.1 Å². The zero-order valence-corrected chi connectivity index (χ0v) is 12.1. The van der Waals surface area contributed by atoms with Crippen molar-refractivity contribution >= 4 is 29.3 Å². The molecule has 7 nitrogen and oxygen atoms in total. The van der Waals surface area contributed by atoms with Crippen LogP contribution in [0.15, 0.2) is 24.4 Å². The van der Waals surface area contributed by atoms with Gasteiger partial charge in [-0.15, -0.1) is 16.4 Å². The molecule has 0 fully saturated rings. The molecule has 2 N–H and O–H groups in total. The van der Waals surface area contributed by atoms with E-state index in [0.29, 0.717) is 5.69 Å². The summed E-state index contributed by atoms with van der Waals surface area (Å²) in [7, 11) is 0. The van der Waals surface area contributed by atoms with Crippen LogP contribution >= 0.6 is 11.3 Å². The molecule has 0 aliphatic heterocycles. The summed E-state index contributed by atoms with van der Waals surface area (Å²) in [5.74, 6) is -1.24. The van der Waals surface area contributed by atoms with E-state index in [-0.39, 0.29) is 19.0 Å². The smallest absolute Gasteiger partial charge is 0.325 e. The van der Waals surface area contributed by atoms with Crippen molar-refractivity contribution < 1.29 is 14.7 Å². The van der Waals surface area contributed by atoms with E-state index in [0.717, 1.165) is 4.88 Å². The molecule has 0 aromatic carbocycles. The van der Waals surface area contributed by atoms with Crippen molar-refractivity contribution in [1.29, 1.82) is 0 Å². The largest absolute Gasteiger partial charge is 0.480 e. The summed E-state index contributed by atoms with van der Waals surface area (Å²) in [5, 5.41) is 18.7. The van der Waals surface area contributed by atoms with E-state index >= 15 is 0 Å². The van der Waals surface area contributed by atoms with Crippen molar-refractivity contribution in [2.75, 3.05) is 0 Å². The Hall–Kier alpha value is -2.48. The number of amides is 1. The van der Waals surface area contributed by atoms with Crippen molar-refractivity contribution in [3.63, 3.8) is 0 Å². The Kier molecular flexibility index (Phi) is 4.83. The van der Waals surface area contributed by atoms with Gasteiger partial charge in [0.15, 0.2) is 0 Å². The van der Waals surface area contributed by atoms with Gasteiger partial charge in [-0.3, -0.25) is 9.59 Å². The van der Waals surface area contributed by atoms with Crippen LogP contribution < -0.4 is 5.32 Å². The minimum Gasteiger partial charge on any atom is -0.480 e. The molecule has 0 radical (unpaired) electrons. The van der Waals surface area contributed by atoms with E-state index < -0.39 is 5.97 Å². The molecule has 1 amide bonds. The van der Waals surface area contributed by atoms with Gasteiger partial charge in [0.2, 0.25) is 5.91 Å². The lowest BCUT2D eigenvalue weighted by atomic mass is 10.4. The molecule has 2 aromatic rings. The normalized spacial score (nSPS) is 10.9. The second-order valence-corrected chi connectivity index (χ2v) is 5.62. The molecular weight excluding hydrogens is 292 g/mol. The molecule has 0 saturated heterocycles. The van der Waals surface area contributed by atoms with Crippen molar-refractivity contribution in [3.05, 3.63) is 39.9 Å². The fraction of sp³-hybridized carbons (Fsp3) is 0.231. The number of hydrogen-bond donors (Lipinski definition) is 2.